The maximum atomic E-state index is 12.9. The summed E-state index contributed by atoms with van der Waals surface area (Å²) in [6, 6.07) is 16.5. The van der Waals surface area contributed by atoms with E-state index in [-0.39, 0.29) is 17.4 Å². The van der Waals surface area contributed by atoms with Crippen molar-refractivity contribution < 1.29 is 18.8 Å². The lowest BCUT2D eigenvalue weighted by Gasteiger charge is -2.29. The smallest absolute Gasteiger partial charge is 0.294 e. The van der Waals surface area contributed by atoms with Crippen molar-refractivity contribution >= 4 is 58.1 Å². The maximum absolute atomic E-state index is 12.9. The molecule has 2 aliphatic rings. The summed E-state index contributed by atoms with van der Waals surface area (Å²) < 4.78 is 5.81. The van der Waals surface area contributed by atoms with Crippen LogP contribution in [0.25, 0.3) is 17.4 Å². The van der Waals surface area contributed by atoms with Crippen LogP contribution in [0.2, 0.25) is 10.0 Å². The Hall–Kier alpha value is -3.00. The average molecular weight is 513 g/mol. The number of nitrogens with zero attached hydrogens (tertiary/aromatic N) is 2. The molecule has 0 radical (unpaired) electrons. The molecule has 3 aromatic rings. The zero-order chi connectivity index (χ0) is 23.8. The highest BCUT2D eigenvalue weighted by Gasteiger charge is 2.37. The van der Waals surface area contributed by atoms with E-state index in [0.29, 0.717) is 34.7 Å². The fourth-order valence-corrected chi connectivity index (χ4v) is 5.06. The maximum Gasteiger partial charge on any atom is 0.294 e. The molecule has 34 heavy (non-hydrogen) atoms. The summed E-state index contributed by atoms with van der Waals surface area (Å²) in [6.07, 6.45) is 2.26. The molecule has 172 valence electrons. The van der Waals surface area contributed by atoms with Gasteiger partial charge in [0.25, 0.3) is 11.1 Å². The average Bonchev–Trinajstić information content (AvgIpc) is 3.40. The van der Waals surface area contributed by atoms with Gasteiger partial charge in [-0.05, 0) is 59.6 Å². The molecule has 1 fully saturated rings. The molecule has 0 bridgehead atoms. The van der Waals surface area contributed by atoms with Crippen LogP contribution in [0.1, 0.15) is 16.9 Å². The van der Waals surface area contributed by atoms with Crippen LogP contribution in [-0.4, -0.2) is 39.9 Å². The third kappa shape index (κ3) is 4.51. The third-order valence-corrected chi connectivity index (χ3v) is 7.40. The zero-order valence-electron chi connectivity index (χ0n) is 17.8. The molecule has 5 rings (SSSR count). The zero-order valence-corrected chi connectivity index (χ0v) is 20.1. The van der Waals surface area contributed by atoms with Crippen molar-refractivity contribution in [3.8, 4) is 11.3 Å². The van der Waals surface area contributed by atoms with Gasteiger partial charge < -0.3 is 9.32 Å². The van der Waals surface area contributed by atoms with E-state index in [0.717, 1.165) is 34.2 Å². The molecule has 2 aromatic carbocycles. The lowest BCUT2D eigenvalue weighted by Crippen LogP contribution is -2.44. The van der Waals surface area contributed by atoms with Gasteiger partial charge in [-0.1, -0.05) is 47.5 Å². The third-order valence-electron chi connectivity index (χ3n) is 5.75. The van der Waals surface area contributed by atoms with Gasteiger partial charge in [-0.15, -0.1) is 0 Å². The number of benzene rings is 2. The Morgan fingerprint density at radius 1 is 1.03 bits per heavy atom. The monoisotopic (exact) mass is 512 g/mol. The predicted molar refractivity (Wildman–Crippen MR) is 132 cm³/mol. The SMILES string of the molecule is O=C(CN1C(=O)S/C(=C/c2ccc(-c3ccc(Cl)c(Cl)c3)o2)C1=O)N1CCc2ccccc2C1. The molecule has 3 amide bonds. The summed E-state index contributed by atoms with van der Waals surface area (Å²) in [5.41, 5.74) is 3.04. The van der Waals surface area contributed by atoms with Crippen molar-refractivity contribution in [2.75, 3.05) is 13.1 Å². The van der Waals surface area contributed by atoms with Crippen LogP contribution in [0.3, 0.4) is 0 Å². The summed E-state index contributed by atoms with van der Waals surface area (Å²) in [6.45, 7) is 0.758. The van der Waals surface area contributed by atoms with Crippen molar-refractivity contribution in [3.05, 3.63) is 86.4 Å². The molecule has 2 aliphatic heterocycles. The number of hydrogen-bond acceptors (Lipinski definition) is 5. The van der Waals surface area contributed by atoms with Crippen LogP contribution in [-0.2, 0) is 22.6 Å². The van der Waals surface area contributed by atoms with Crippen LogP contribution in [0.5, 0.6) is 0 Å². The van der Waals surface area contributed by atoms with Gasteiger partial charge in [-0.25, -0.2) is 0 Å². The van der Waals surface area contributed by atoms with Crippen LogP contribution in [0.4, 0.5) is 4.79 Å². The Labute approximate surface area is 210 Å². The summed E-state index contributed by atoms with van der Waals surface area (Å²) in [5, 5.41) is 0.368. The topological polar surface area (TPSA) is 70.8 Å². The Balaban J connectivity index is 1.28. The minimum atomic E-state index is -0.506. The molecule has 0 spiro atoms. The number of fused-ring (bicyclic) bond motifs is 1. The number of hydrogen-bond donors (Lipinski definition) is 0. The van der Waals surface area contributed by atoms with Gasteiger partial charge in [0, 0.05) is 24.7 Å². The molecule has 1 aromatic heterocycles. The highest BCUT2D eigenvalue weighted by Crippen LogP contribution is 2.34. The van der Waals surface area contributed by atoms with Crippen molar-refractivity contribution in [2.24, 2.45) is 0 Å². The minimum Gasteiger partial charge on any atom is -0.457 e. The van der Waals surface area contributed by atoms with Gasteiger partial charge in [0.05, 0.1) is 15.0 Å². The molecule has 0 unspecified atom stereocenters. The van der Waals surface area contributed by atoms with E-state index >= 15 is 0 Å². The first-order chi connectivity index (χ1) is 16.4. The first-order valence-electron chi connectivity index (χ1n) is 10.5. The first kappa shape index (κ1) is 22.8. The number of amides is 3. The van der Waals surface area contributed by atoms with Crippen LogP contribution in [0, 0.1) is 0 Å². The summed E-state index contributed by atoms with van der Waals surface area (Å²) in [7, 11) is 0. The highest BCUT2D eigenvalue weighted by atomic mass is 35.5. The van der Waals surface area contributed by atoms with Gasteiger partial charge >= 0.3 is 0 Å². The predicted octanol–water partition coefficient (Wildman–Crippen LogP) is 5.87. The summed E-state index contributed by atoms with van der Waals surface area (Å²) in [5.74, 6) is 0.196. The lowest BCUT2D eigenvalue weighted by atomic mass is 10.00. The molecule has 0 atom stereocenters. The molecule has 9 heteroatoms. The number of imide groups is 1. The molecule has 1 saturated heterocycles. The fourth-order valence-electron chi connectivity index (χ4n) is 3.94. The normalized spacial score (nSPS) is 16.9. The number of carbonyl (C=O) groups excluding carboxylic acids is 3. The van der Waals surface area contributed by atoms with E-state index in [2.05, 4.69) is 6.07 Å². The van der Waals surface area contributed by atoms with Gasteiger partial charge in [0.1, 0.15) is 18.1 Å². The molecule has 0 aliphatic carbocycles. The van der Waals surface area contributed by atoms with Crippen LogP contribution < -0.4 is 0 Å². The number of rotatable bonds is 4. The molecular weight excluding hydrogens is 495 g/mol. The molecule has 0 N–H and O–H groups in total. The second kappa shape index (κ2) is 9.33. The number of carbonyl (C=O) groups is 3. The highest BCUT2D eigenvalue weighted by molar-refractivity contribution is 8.18. The summed E-state index contributed by atoms with van der Waals surface area (Å²) in [4.78, 5) is 41.1. The van der Waals surface area contributed by atoms with Crippen molar-refractivity contribution in [3.63, 3.8) is 0 Å². The molecular formula is C25H18Cl2N2O4S. The van der Waals surface area contributed by atoms with Gasteiger partial charge in [0.2, 0.25) is 5.91 Å². The Morgan fingerprint density at radius 3 is 2.62 bits per heavy atom. The first-order valence-corrected chi connectivity index (χ1v) is 12.1. The van der Waals surface area contributed by atoms with E-state index in [1.807, 2.05) is 18.2 Å². The van der Waals surface area contributed by atoms with Crippen LogP contribution in [0.15, 0.2) is 63.9 Å². The Bertz CT molecular complexity index is 1350. The number of halogens is 2. The molecule has 0 saturated carbocycles. The van der Waals surface area contributed by atoms with Crippen LogP contribution >= 0.6 is 35.0 Å². The Morgan fingerprint density at radius 2 is 1.82 bits per heavy atom. The second-order valence-electron chi connectivity index (χ2n) is 7.93. The van der Waals surface area contributed by atoms with Crippen molar-refractivity contribution in [1.82, 2.24) is 9.80 Å². The van der Waals surface area contributed by atoms with Crippen molar-refractivity contribution in [2.45, 2.75) is 13.0 Å². The van der Waals surface area contributed by atoms with Crippen molar-refractivity contribution in [1.29, 1.82) is 0 Å². The number of thioether (sulfide) groups is 1. The van der Waals surface area contributed by atoms with Gasteiger partial charge in [-0.2, -0.15) is 0 Å². The van der Waals surface area contributed by atoms with E-state index in [1.165, 1.54) is 11.6 Å². The minimum absolute atomic E-state index is 0.205. The standard InChI is InChI=1S/C25H18Cl2N2O4S/c26-19-7-5-16(11-20(19)27)21-8-6-18(33-21)12-22-24(31)29(25(32)34-22)14-23(30)28-10-9-15-3-1-2-4-17(15)13-28/h1-8,11-12H,9-10,13-14H2/b22-12+. The molecule has 3 heterocycles. The van der Waals surface area contributed by atoms with E-state index in [9.17, 15) is 14.4 Å². The van der Waals surface area contributed by atoms with E-state index in [4.69, 9.17) is 27.6 Å². The summed E-state index contributed by atoms with van der Waals surface area (Å²) >= 11 is 12.8. The quantitative estimate of drug-likeness (QED) is 0.408. The Kier molecular flexibility index (Phi) is 6.25. The van der Waals surface area contributed by atoms with E-state index < -0.39 is 11.1 Å². The number of furan rings is 1. The fraction of sp³-hybridized carbons (Fsp3) is 0.160. The van der Waals surface area contributed by atoms with E-state index in [1.54, 1.807) is 35.2 Å². The molecule has 6 nitrogen and oxygen atoms in total. The van der Waals surface area contributed by atoms with Gasteiger partial charge in [0.15, 0.2) is 0 Å². The lowest BCUT2D eigenvalue weighted by molar-refractivity contribution is -0.136. The second-order valence-corrected chi connectivity index (χ2v) is 9.74. The largest absolute Gasteiger partial charge is 0.457 e. The van der Waals surface area contributed by atoms with Gasteiger partial charge in [-0.3, -0.25) is 19.3 Å².